The van der Waals surface area contributed by atoms with Crippen molar-refractivity contribution in [3.63, 3.8) is 0 Å². The molecule has 0 saturated carbocycles. The summed E-state index contributed by atoms with van der Waals surface area (Å²) in [4.78, 5) is 4.44. The van der Waals surface area contributed by atoms with Gasteiger partial charge in [0.15, 0.2) is 6.20 Å². The first-order chi connectivity index (χ1) is 13.7. The molecule has 29 heavy (non-hydrogen) atoms. The van der Waals surface area contributed by atoms with Crippen LogP contribution in [0.1, 0.15) is 57.2 Å². The maximum absolute atomic E-state index is 6.56. The summed E-state index contributed by atoms with van der Waals surface area (Å²) < 4.78 is 8.71. The lowest BCUT2D eigenvalue weighted by molar-refractivity contribution is -0.660. The van der Waals surface area contributed by atoms with Gasteiger partial charge in [-0.2, -0.15) is 4.57 Å². The van der Waals surface area contributed by atoms with E-state index >= 15 is 0 Å². The molecule has 0 N–H and O–H groups in total. The number of fused-ring (bicyclic) bond motifs is 5. The van der Waals surface area contributed by atoms with Crippen molar-refractivity contribution in [2.24, 2.45) is 7.05 Å². The van der Waals surface area contributed by atoms with Crippen LogP contribution in [0.25, 0.3) is 33.2 Å². The molecule has 0 unspecified atom stereocenters. The van der Waals surface area contributed by atoms with Crippen molar-refractivity contribution in [1.82, 2.24) is 4.98 Å². The Kier molecular flexibility index (Phi) is 3.74. The van der Waals surface area contributed by atoms with Crippen molar-refractivity contribution < 1.29 is 8.98 Å². The van der Waals surface area contributed by atoms with Crippen molar-refractivity contribution in [3.05, 3.63) is 59.5 Å². The summed E-state index contributed by atoms with van der Waals surface area (Å²) in [7, 11) is 2.08. The van der Waals surface area contributed by atoms with Gasteiger partial charge in [-0.25, -0.2) is 0 Å². The first-order valence-electron chi connectivity index (χ1n) is 10.5. The molecule has 148 valence electrons. The van der Waals surface area contributed by atoms with Crippen LogP contribution in [-0.4, -0.2) is 4.98 Å². The van der Waals surface area contributed by atoms with Crippen LogP contribution in [0, 0.1) is 6.92 Å². The summed E-state index contributed by atoms with van der Waals surface area (Å²) in [6.07, 6.45) is 8.18. The molecular formula is C26H29N2O+. The van der Waals surface area contributed by atoms with Crippen LogP contribution in [0.4, 0.5) is 0 Å². The highest BCUT2D eigenvalue weighted by atomic mass is 16.3. The fourth-order valence-corrected chi connectivity index (χ4v) is 5.45. The minimum absolute atomic E-state index is 0.107. The lowest BCUT2D eigenvalue weighted by Crippen LogP contribution is -2.36. The molecular weight excluding hydrogens is 356 g/mol. The van der Waals surface area contributed by atoms with Crippen LogP contribution >= 0.6 is 0 Å². The van der Waals surface area contributed by atoms with Gasteiger partial charge >= 0.3 is 0 Å². The van der Waals surface area contributed by atoms with Gasteiger partial charge in [-0.1, -0.05) is 45.9 Å². The van der Waals surface area contributed by atoms with Crippen LogP contribution < -0.4 is 4.57 Å². The van der Waals surface area contributed by atoms with Gasteiger partial charge in [0, 0.05) is 10.8 Å². The van der Waals surface area contributed by atoms with Crippen LogP contribution in [0.3, 0.4) is 0 Å². The van der Waals surface area contributed by atoms with Crippen LogP contribution in [0.15, 0.2) is 47.3 Å². The third-order valence-electron chi connectivity index (χ3n) is 7.01. The average Bonchev–Trinajstić information content (AvgIpc) is 3.04. The minimum Gasteiger partial charge on any atom is -0.455 e. The van der Waals surface area contributed by atoms with Gasteiger partial charge < -0.3 is 4.42 Å². The molecule has 5 rings (SSSR count). The van der Waals surface area contributed by atoms with Gasteiger partial charge in [0.1, 0.15) is 18.2 Å². The largest absolute Gasteiger partial charge is 0.455 e. The van der Waals surface area contributed by atoms with Crippen LogP contribution in [0.2, 0.25) is 0 Å². The summed E-state index contributed by atoms with van der Waals surface area (Å²) in [6, 6.07) is 8.48. The first kappa shape index (κ1) is 18.4. The van der Waals surface area contributed by atoms with E-state index in [1.807, 2.05) is 18.6 Å². The Hall–Kier alpha value is -2.68. The number of aryl methyl sites for hydroxylation is 1. The maximum Gasteiger partial charge on any atom is 0.234 e. The van der Waals surface area contributed by atoms with Gasteiger partial charge in [0.05, 0.1) is 18.0 Å². The Morgan fingerprint density at radius 1 is 1.00 bits per heavy atom. The maximum atomic E-state index is 6.56. The fourth-order valence-electron chi connectivity index (χ4n) is 5.45. The van der Waals surface area contributed by atoms with E-state index < -0.39 is 0 Å². The molecule has 2 aromatic carbocycles. The molecule has 0 bridgehead atoms. The Bertz CT molecular complexity index is 1280. The van der Waals surface area contributed by atoms with Crippen molar-refractivity contribution >= 4 is 21.9 Å². The smallest absolute Gasteiger partial charge is 0.234 e. The molecule has 2 aromatic heterocycles. The van der Waals surface area contributed by atoms with Crippen molar-refractivity contribution in [2.75, 3.05) is 0 Å². The highest BCUT2D eigenvalue weighted by Gasteiger charge is 2.42. The van der Waals surface area contributed by atoms with E-state index in [1.54, 1.807) is 0 Å². The molecule has 4 aromatic rings. The van der Waals surface area contributed by atoms with E-state index in [2.05, 4.69) is 75.5 Å². The molecule has 1 aliphatic carbocycles. The molecule has 0 atom stereocenters. The number of aromatic nitrogens is 2. The Morgan fingerprint density at radius 2 is 1.69 bits per heavy atom. The molecule has 1 aliphatic rings. The number of hydrogen-bond donors (Lipinski definition) is 0. The molecule has 3 heteroatoms. The monoisotopic (exact) mass is 385 g/mol. The number of furan rings is 1. The topological polar surface area (TPSA) is 29.9 Å². The normalized spacial score (nSPS) is 17.6. The lowest BCUT2D eigenvalue weighted by Gasteiger charge is -2.43. The molecule has 2 heterocycles. The van der Waals surface area contributed by atoms with Gasteiger partial charge in [0.25, 0.3) is 0 Å². The highest BCUT2D eigenvalue weighted by molar-refractivity contribution is 6.12. The van der Waals surface area contributed by atoms with E-state index in [1.165, 1.54) is 45.9 Å². The predicted molar refractivity (Wildman–Crippen MR) is 118 cm³/mol. The zero-order valence-electron chi connectivity index (χ0n) is 18.3. The van der Waals surface area contributed by atoms with E-state index in [0.717, 1.165) is 16.9 Å². The number of para-hydroxylation sites is 1. The molecule has 3 nitrogen and oxygen atoms in total. The van der Waals surface area contributed by atoms with E-state index in [9.17, 15) is 0 Å². The lowest BCUT2D eigenvalue weighted by atomic mass is 9.60. The zero-order chi connectivity index (χ0) is 20.6. The number of rotatable bonds is 1. The second-order valence-corrected chi connectivity index (χ2v) is 9.89. The summed E-state index contributed by atoms with van der Waals surface area (Å²) in [5, 5.41) is 2.51. The van der Waals surface area contributed by atoms with E-state index in [0.29, 0.717) is 0 Å². The molecule has 0 fully saturated rings. The Balaban J connectivity index is 2.09. The molecule has 0 radical (unpaired) electrons. The third kappa shape index (κ3) is 2.49. The molecule has 0 aliphatic heterocycles. The van der Waals surface area contributed by atoms with E-state index in [-0.39, 0.29) is 10.8 Å². The van der Waals surface area contributed by atoms with Crippen molar-refractivity contribution in [2.45, 2.75) is 58.3 Å². The molecule has 0 amide bonds. The quantitative estimate of drug-likeness (QED) is 0.369. The number of hydrogen-bond acceptors (Lipinski definition) is 2. The second-order valence-electron chi connectivity index (χ2n) is 9.89. The fraction of sp³-hybridized carbons (Fsp3) is 0.385. The van der Waals surface area contributed by atoms with E-state index in [4.69, 9.17) is 4.42 Å². The highest BCUT2D eigenvalue weighted by Crippen LogP contribution is 2.54. The Morgan fingerprint density at radius 3 is 2.41 bits per heavy atom. The van der Waals surface area contributed by atoms with Crippen LogP contribution in [-0.2, 0) is 17.9 Å². The van der Waals surface area contributed by atoms with Crippen LogP contribution in [0.5, 0.6) is 0 Å². The van der Waals surface area contributed by atoms with Gasteiger partial charge in [0.2, 0.25) is 5.69 Å². The summed E-state index contributed by atoms with van der Waals surface area (Å²) >= 11 is 0. The predicted octanol–water partition coefficient (Wildman–Crippen LogP) is 6.13. The van der Waals surface area contributed by atoms with Crippen molar-refractivity contribution in [3.8, 4) is 11.3 Å². The van der Waals surface area contributed by atoms with Gasteiger partial charge in [-0.15, -0.1) is 0 Å². The Labute approximate surface area is 172 Å². The zero-order valence-corrected chi connectivity index (χ0v) is 18.3. The van der Waals surface area contributed by atoms with Gasteiger partial charge in [-0.3, -0.25) is 4.98 Å². The molecule has 0 spiro atoms. The summed E-state index contributed by atoms with van der Waals surface area (Å²) in [5.74, 6) is 0. The van der Waals surface area contributed by atoms with Crippen molar-refractivity contribution in [1.29, 1.82) is 0 Å². The molecule has 0 saturated heterocycles. The number of nitrogens with zero attached hydrogens (tertiary/aromatic N) is 2. The second kappa shape index (κ2) is 5.91. The van der Waals surface area contributed by atoms with Gasteiger partial charge in [-0.05, 0) is 53.4 Å². The third-order valence-corrected chi connectivity index (χ3v) is 7.01. The minimum atomic E-state index is 0.107. The SMILES string of the molecule is Cc1c2c(c3c(oc4ccccc43)c1-c1cncc[n+]1C)C(C)(C)CCC2(C)C. The summed E-state index contributed by atoms with van der Waals surface area (Å²) in [5.41, 5.74) is 8.75. The summed E-state index contributed by atoms with van der Waals surface area (Å²) in [6.45, 7) is 11.9. The standard InChI is InChI=1S/C26H29N2O/c1-16-20(18-15-27-13-14-28(18)6)24-21(17-9-7-8-10-19(17)29-24)23-22(16)25(2,3)11-12-26(23,4)5/h7-10,13-15H,11-12H2,1-6H3/q+1. The number of benzene rings is 2. The average molecular weight is 386 g/mol. The first-order valence-corrected chi connectivity index (χ1v) is 10.5.